The third-order valence-corrected chi connectivity index (χ3v) is 2.43. The maximum Gasteiger partial charge on any atom is -0.0170 e. The van der Waals surface area contributed by atoms with Gasteiger partial charge in [-0.3, -0.25) is 0 Å². The molecule has 0 aromatic heterocycles. The molecule has 0 saturated carbocycles. The first-order valence-electron chi connectivity index (χ1n) is 4.61. The molecule has 0 aromatic rings. The Morgan fingerprint density at radius 3 is 2.82 bits per heavy atom. The predicted octanol–water partition coefficient (Wildman–Crippen LogP) is 3.55. The van der Waals surface area contributed by atoms with Crippen LogP contribution in [0.4, 0.5) is 0 Å². The Hall–Kier alpha value is -0.520. The van der Waals surface area contributed by atoms with Gasteiger partial charge in [0.1, 0.15) is 0 Å². The summed E-state index contributed by atoms with van der Waals surface area (Å²) in [5.74, 6) is 1.58. The largest absolute Gasteiger partial charge is 0.0837 e. The maximum absolute atomic E-state index is 2.44. The fraction of sp³-hybridized carbons (Fsp3) is 0.636. The van der Waals surface area contributed by atoms with Gasteiger partial charge in [-0.25, -0.2) is 0 Å². The smallest absolute Gasteiger partial charge is 0.0170 e. The molecule has 0 saturated heterocycles. The van der Waals surface area contributed by atoms with Crippen LogP contribution in [0.15, 0.2) is 23.8 Å². The average molecular weight is 150 g/mol. The molecule has 0 nitrogen and oxygen atoms in total. The second kappa shape index (κ2) is 3.75. The first kappa shape index (κ1) is 8.58. The SMILES string of the molecule is CCC1=CC(C(C)C)CC=C1. The Kier molecular flexibility index (Phi) is 2.92. The quantitative estimate of drug-likeness (QED) is 0.564. The van der Waals surface area contributed by atoms with Crippen molar-refractivity contribution in [3.8, 4) is 0 Å². The van der Waals surface area contributed by atoms with Gasteiger partial charge in [0.05, 0.1) is 0 Å². The molecule has 62 valence electrons. The van der Waals surface area contributed by atoms with Crippen LogP contribution in [0.2, 0.25) is 0 Å². The highest BCUT2D eigenvalue weighted by atomic mass is 14.2. The second-order valence-electron chi connectivity index (χ2n) is 3.64. The second-order valence-corrected chi connectivity index (χ2v) is 3.64. The summed E-state index contributed by atoms with van der Waals surface area (Å²) in [6.45, 7) is 6.82. The van der Waals surface area contributed by atoms with Crippen LogP contribution in [0, 0.1) is 11.8 Å². The molecule has 0 bridgehead atoms. The summed E-state index contributed by atoms with van der Waals surface area (Å²) < 4.78 is 0. The van der Waals surface area contributed by atoms with Gasteiger partial charge in [0.25, 0.3) is 0 Å². The molecule has 0 spiro atoms. The highest BCUT2D eigenvalue weighted by Gasteiger charge is 2.11. The topological polar surface area (TPSA) is 0 Å². The van der Waals surface area contributed by atoms with E-state index in [1.54, 1.807) is 0 Å². The van der Waals surface area contributed by atoms with E-state index in [-0.39, 0.29) is 0 Å². The molecular weight excluding hydrogens is 132 g/mol. The highest BCUT2D eigenvalue weighted by Crippen LogP contribution is 2.24. The van der Waals surface area contributed by atoms with Crippen molar-refractivity contribution >= 4 is 0 Å². The zero-order valence-electron chi connectivity index (χ0n) is 7.80. The van der Waals surface area contributed by atoms with E-state index in [2.05, 4.69) is 39.0 Å². The van der Waals surface area contributed by atoms with E-state index in [1.165, 1.54) is 18.4 Å². The first-order chi connectivity index (χ1) is 5.24. The zero-order valence-corrected chi connectivity index (χ0v) is 7.80. The van der Waals surface area contributed by atoms with E-state index in [0.717, 1.165) is 11.8 Å². The molecule has 1 unspecified atom stereocenters. The molecule has 0 heterocycles. The minimum atomic E-state index is 0.787. The van der Waals surface area contributed by atoms with Gasteiger partial charge in [0.2, 0.25) is 0 Å². The molecule has 0 fully saturated rings. The van der Waals surface area contributed by atoms with Crippen LogP contribution < -0.4 is 0 Å². The van der Waals surface area contributed by atoms with Crippen molar-refractivity contribution in [2.45, 2.75) is 33.6 Å². The maximum atomic E-state index is 2.44. The van der Waals surface area contributed by atoms with E-state index < -0.39 is 0 Å². The van der Waals surface area contributed by atoms with E-state index in [4.69, 9.17) is 0 Å². The van der Waals surface area contributed by atoms with Crippen LogP contribution in [0.3, 0.4) is 0 Å². The van der Waals surface area contributed by atoms with Crippen LogP contribution >= 0.6 is 0 Å². The number of rotatable bonds is 2. The van der Waals surface area contributed by atoms with Gasteiger partial charge in [0.15, 0.2) is 0 Å². The summed E-state index contributed by atoms with van der Waals surface area (Å²) >= 11 is 0. The molecule has 1 aliphatic carbocycles. The summed E-state index contributed by atoms with van der Waals surface area (Å²) in [5.41, 5.74) is 1.51. The lowest BCUT2D eigenvalue weighted by Gasteiger charge is -2.19. The fourth-order valence-electron chi connectivity index (χ4n) is 1.48. The Morgan fingerprint density at radius 2 is 2.27 bits per heavy atom. The molecule has 0 radical (unpaired) electrons. The zero-order chi connectivity index (χ0) is 8.27. The molecule has 0 N–H and O–H groups in total. The lowest BCUT2D eigenvalue weighted by molar-refractivity contribution is 0.464. The van der Waals surface area contributed by atoms with Crippen LogP contribution in [-0.2, 0) is 0 Å². The average Bonchev–Trinajstić information content (AvgIpc) is 2.05. The molecule has 1 aliphatic rings. The van der Waals surface area contributed by atoms with Crippen molar-refractivity contribution in [1.82, 2.24) is 0 Å². The molecule has 0 aliphatic heterocycles. The molecule has 0 amide bonds. The summed E-state index contributed by atoms with van der Waals surface area (Å²) in [4.78, 5) is 0. The summed E-state index contributed by atoms with van der Waals surface area (Å²) in [6.07, 6.45) is 9.42. The Bertz CT molecular complexity index is 172. The van der Waals surface area contributed by atoms with Crippen LogP contribution in [0.1, 0.15) is 33.6 Å². The lowest BCUT2D eigenvalue weighted by atomic mass is 9.87. The van der Waals surface area contributed by atoms with Gasteiger partial charge in [0, 0.05) is 0 Å². The van der Waals surface area contributed by atoms with Crippen molar-refractivity contribution in [2.75, 3.05) is 0 Å². The van der Waals surface area contributed by atoms with Gasteiger partial charge in [-0.1, -0.05) is 44.6 Å². The normalized spacial score (nSPS) is 24.0. The highest BCUT2D eigenvalue weighted by molar-refractivity contribution is 5.23. The minimum absolute atomic E-state index is 0.787. The number of hydrogen-bond acceptors (Lipinski definition) is 0. The van der Waals surface area contributed by atoms with Crippen molar-refractivity contribution in [1.29, 1.82) is 0 Å². The Morgan fingerprint density at radius 1 is 1.55 bits per heavy atom. The number of allylic oxidation sites excluding steroid dienone is 4. The monoisotopic (exact) mass is 150 g/mol. The van der Waals surface area contributed by atoms with Crippen LogP contribution in [0.25, 0.3) is 0 Å². The van der Waals surface area contributed by atoms with Crippen LogP contribution in [-0.4, -0.2) is 0 Å². The Balaban J connectivity index is 2.61. The van der Waals surface area contributed by atoms with Crippen molar-refractivity contribution < 1.29 is 0 Å². The fourth-order valence-corrected chi connectivity index (χ4v) is 1.48. The molecular formula is C11H18. The predicted molar refractivity (Wildman–Crippen MR) is 50.5 cm³/mol. The van der Waals surface area contributed by atoms with Crippen molar-refractivity contribution in [2.24, 2.45) is 11.8 Å². The molecule has 11 heavy (non-hydrogen) atoms. The van der Waals surface area contributed by atoms with Gasteiger partial charge >= 0.3 is 0 Å². The van der Waals surface area contributed by atoms with E-state index in [9.17, 15) is 0 Å². The van der Waals surface area contributed by atoms with E-state index in [1.807, 2.05) is 0 Å². The molecule has 0 aromatic carbocycles. The minimum Gasteiger partial charge on any atom is -0.0837 e. The van der Waals surface area contributed by atoms with Crippen LogP contribution in [0.5, 0.6) is 0 Å². The van der Waals surface area contributed by atoms with E-state index >= 15 is 0 Å². The van der Waals surface area contributed by atoms with Crippen molar-refractivity contribution in [3.05, 3.63) is 23.8 Å². The van der Waals surface area contributed by atoms with Crippen molar-refractivity contribution in [3.63, 3.8) is 0 Å². The standard InChI is InChI=1S/C11H18/c1-4-10-6-5-7-11(8-10)9(2)3/h5-6,8-9,11H,4,7H2,1-3H3. The molecule has 1 rings (SSSR count). The third-order valence-electron chi connectivity index (χ3n) is 2.43. The van der Waals surface area contributed by atoms with Gasteiger partial charge in [-0.05, 0) is 24.7 Å². The Labute approximate surface area is 70.0 Å². The summed E-state index contributed by atoms with van der Waals surface area (Å²) in [6, 6.07) is 0. The first-order valence-corrected chi connectivity index (χ1v) is 4.61. The summed E-state index contributed by atoms with van der Waals surface area (Å²) in [5, 5.41) is 0. The van der Waals surface area contributed by atoms with Gasteiger partial charge < -0.3 is 0 Å². The number of hydrogen-bond donors (Lipinski definition) is 0. The van der Waals surface area contributed by atoms with Gasteiger partial charge in [-0.2, -0.15) is 0 Å². The summed E-state index contributed by atoms with van der Waals surface area (Å²) in [7, 11) is 0. The molecule has 1 atom stereocenters. The van der Waals surface area contributed by atoms with Gasteiger partial charge in [-0.15, -0.1) is 0 Å². The van der Waals surface area contributed by atoms with E-state index in [0.29, 0.717) is 0 Å². The lowest BCUT2D eigenvalue weighted by Crippen LogP contribution is -2.07. The third kappa shape index (κ3) is 2.21. The molecule has 0 heteroatoms.